The van der Waals surface area contributed by atoms with Crippen LogP contribution in [0.4, 0.5) is 0 Å². The molecule has 0 atom stereocenters. The number of aromatic nitrogens is 6. The van der Waals surface area contributed by atoms with Gasteiger partial charge in [0, 0.05) is 25.1 Å². The van der Waals surface area contributed by atoms with E-state index in [1.807, 2.05) is 34.2 Å². The van der Waals surface area contributed by atoms with Gasteiger partial charge in [0.25, 0.3) is 0 Å². The molecule has 4 aromatic heterocycles. The van der Waals surface area contributed by atoms with E-state index in [-0.39, 0.29) is 0 Å². The summed E-state index contributed by atoms with van der Waals surface area (Å²) >= 11 is 3.08. The van der Waals surface area contributed by atoms with Gasteiger partial charge in [0.2, 0.25) is 11.7 Å². The van der Waals surface area contributed by atoms with E-state index < -0.39 is 0 Å². The topological polar surface area (TPSA) is 91.8 Å². The Hall–Kier alpha value is -2.56. The average Bonchev–Trinajstić information content (AvgIpc) is 3.45. The predicted molar refractivity (Wildman–Crippen MR) is 102 cm³/mol. The molecule has 0 fully saturated rings. The van der Waals surface area contributed by atoms with E-state index in [9.17, 15) is 0 Å². The molecule has 0 saturated carbocycles. The first-order valence-electron chi connectivity index (χ1n) is 8.17. The van der Waals surface area contributed by atoms with Crippen molar-refractivity contribution in [2.24, 2.45) is 0 Å². The van der Waals surface area contributed by atoms with Crippen molar-refractivity contribution in [3.63, 3.8) is 0 Å². The summed E-state index contributed by atoms with van der Waals surface area (Å²) in [7, 11) is 1.67. The van der Waals surface area contributed by atoms with Crippen LogP contribution in [0, 0.1) is 0 Å². The molecular weight excluding hydrogens is 384 g/mol. The minimum absolute atomic E-state index is 0.514. The first-order valence-corrected chi connectivity index (χ1v) is 10.0. The highest BCUT2D eigenvalue weighted by molar-refractivity contribution is 7.98. The smallest absolute Gasteiger partial charge is 0.237 e. The molecule has 0 aliphatic carbocycles. The highest BCUT2D eigenvalue weighted by Crippen LogP contribution is 2.27. The summed E-state index contributed by atoms with van der Waals surface area (Å²) in [5.41, 5.74) is 0.957. The number of hydrogen-bond acceptors (Lipinski definition) is 9. The van der Waals surface area contributed by atoms with Crippen molar-refractivity contribution in [3.05, 3.63) is 47.9 Å². The van der Waals surface area contributed by atoms with Gasteiger partial charge in [0.15, 0.2) is 11.0 Å². The highest BCUT2D eigenvalue weighted by atomic mass is 32.2. The van der Waals surface area contributed by atoms with Crippen molar-refractivity contribution in [1.29, 1.82) is 0 Å². The van der Waals surface area contributed by atoms with Gasteiger partial charge in [-0.15, -0.1) is 21.5 Å². The van der Waals surface area contributed by atoms with Crippen LogP contribution in [-0.4, -0.2) is 43.6 Å². The molecule has 0 radical (unpaired) electrons. The number of methoxy groups -OCH3 is 1. The summed E-state index contributed by atoms with van der Waals surface area (Å²) in [6.45, 7) is 1.21. The fourth-order valence-electron chi connectivity index (χ4n) is 2.44. The van der Waals surface area contributed by atoms with Gasteiger partial charge in [-0.2, -0.15) is 4.98 Å². The number of pyridine rings is 1. The molecule has 10 heteroatoms. The Kier molecular flexibility index (Phi) is 5.56. The van der Waals surface area contributed by atoms with Gasteiger partial charge >= 0.3 is 0 Å². The highest BCUT2D eigenvalue weighted by Gasteiger charge is 2.16. The molecule has 0 aliphatic heterocycles. The Labute approximate surface area is 163 Å². The minimum Gasteiger partial charge on any atom is -0.383 e. The first kappa shape index (κ1) is 17.8. The van der Waals surface area contributed by atoms with E-state index in [2.05, 4.69) is 25.3 Å². The number of nitrogens with zero attached hydrogens (tertiary/aromatic N) is 6. The molecule has 27 heavy (non-hydrogen) atoms. The zero-order valence-corrected chi connectivity index (χ0v) is 16.1. The van der Waals surface area contributed by atoms with Gasteiger partial charge in [-0.25, -0.2) is 0 Å². The van der Waals surface area contributed by atoms with E-state index in [0.29, 0.717) is 30.6 Å². The third-order valence-corrected chi connectivity index (χ3v) is 5.53. The molecule has 0 unspecified atom stereocenters. The molecule has 0 aromatic carbocycles. The summed E-state index contributed by atoms with van der Waals surface area (Å²) < 4.78 is 12.6. The minimum atomic E-state index is 0.514. The van der Waals surface area contributed by atoms with Crippen LogP contribution in [0.5, 0.6) is 0 Å². The summed E-state index contributed by atoms with van der Waals surface area (Å²) in [6.07, 6.45) is 3.48. The van der Waals surface area contributed by atoms with E-state index in [1.165, 1.54) is 11.8 Å². The zero-order valence-electron chi connectivity index (χ0n) is 14.5. The Bertz CT molecular complexity index is 984. The second kappa shape index (κ2) is 8.42. The molecule has 0 spiro atoms. The lowest BCUT2D eigenvalue weighted by Gasteiger charge is -2.08. The van der Waals surface area contributed by atoms with Crippen molar-refractivity contribution in [3.8, 4) is 22.1 Å². The summed E-state index contributed by atoms with van der Waals surface area (Å²) in [6, 6.07) is 7.75. The molecule has 0 saturated heterocycles. The van der Waals surface area contributed by atoms with Crippen LogP contribution in [0.1, 0.15) is 5.89 Å². The summed E-state index contributed by atoms with van der Waals surface area (Å²) in [5.74, 6) is 2.45. The molecule has 0 amide bonds. The maximum Gasteiger partial charge on any atom is 0.237 e. The van der Waals surface area contributed by atoms with Gasteiger partial charge in [0.1, 0.15) is 0 Å². The lowest BCUT2D eigenvalue weighted by molar-refractivity contribution is 0.185. The van der Waals surface area contributed by atoms with E-state index >= 15 is 0 Å². The zero-order chi connectivity index (χ0) is 18.5. The van der Waals surface area contributed by atoms with Crippen LogP contribution < -0.4 is 0 Å². The average molecular weight is 400 g/mol. The van der Waals surface area contributed by atoms with Crippen LogP contribution in [0.15, 0.2) is 51.7 Å². The maximum atomic E-state index is 5.36. The third-order valence-electron chi connectivity index (χ3n) is 3.71. The molecule has 0 aliphatic rings. The second-order valence-corrected chi connectivity index (χ2v) is 7.35. The van der Waals surface area contributed by atoms with Gasteiger partial charge in [-0.3, -0.25) is 9.55 Å². The second-order valence-electron chi connectivity index (χ2n) is 5.46. The fraction of sp³-hybridized carbons (Fsp3) is 0.235. The Balaban J connectivity index is 1.52. The van der Waals surface area contributed by atoms with Gasteiger partial charge in [-0.05, 0) is 23.6 Å². The van der Waals surface area contributed by atoms with E-state index in [1.54, 1.807) is 30.8 Å². The van der Waals surface area contributed by atoms with Crippen LogP contribution in [0.3, 0.4) is 0 Å². The molecule has 4 aromatic rings. The predicted octanol–water partition coefficient (Wildman–Crippen LogP) is 3.39. The number of ether oxygens (including phenoxy) is 1. The van der Waals surface area contributed by atoms with Gasteiger partial charge < -0.3 is 9.26 Å². The van der Waals surface area contributed by atoms with Gasteiger partial charge in [-0.1, -0.05) is 23.0 Å². The maximum absolute atomic E-state index is 5.36. The van der Waals surface area contributed by atoms with Gasteiger partial charge in [0.05, 0.1) is 23.8 Å². The van der Waals surface area contributed by atoms with Crippen molar-refractivity contribution < 1.29 is 9.26 Å². The molecule has 4 rings (SSSR count). The molecule has 0 bridgehead atoms. The largest absolute Gasteiger partial charge is 0.383 e. The molecule has 4 heterocycles. The van der Waals surface area contributed by atoms with E-state index in [4.69, 9.17) is 9.26 Å². The standard InChI is InChI=1S/C17H16N6O2S2/c1-24-9-8-23-16(12-4-6-18-7-5-12)20-21-17(23)27-11-14-19-15(22-25-14)13-3-2-10-26-13/h2-7,10H,8-9,11H2,1H3. The fourth-order valence-corrected chi connectivity index (χ4v) is 3.89. The Morgan fingerprint density at radius 2 is 2.11 bits per heavy atom. The lowest BCUT2D eigenvalue weighted by atomic mass is 10.2. The monoisotopic (exact) mass is 400 g/mol. The van der Waals surface area contributed by atoms with Crippen molar-refractivity contribution in [2.45, 2.75) is 17.5 Å². The van der Waals surface area contributed by atoms with Crippen LogP contribution in [-0.2, 0) is 17.0 Å². The normalized spacial score (nSPS) is 11.1. The van der Waals surface area contributed by atoms with Crippen molar-refractivity contribution in [2.75, 3.05) is 13.7 Å². The van der Waals surface area contributed by atoms with Crippen LogP contribution in [0.25, 0.3) is 22.1 Å². The Morgan fingerprint density at radius 1 is 1.22 bits per heavy atom. The molecule has 0 N–H and O–H groups in total. The number of thiophene rings is 1. The molecule has 8 nitrogen and oxygen atoms in total. The summed E-state index contributed by atoms with van der Waals surface area (Å²) in [5, 5.41) is 15.5. The number of rotatable bonds is 8. The van der Waals surface area contributed by atoms with Crippen LogP contribution in [0.2, 0.25) is 0 Å². The lowest BCUT2D eigenvalue weighted by Crippen LogP contribution is -2.07. The number of hydrogen-bond donors (Lipinski definition) is 0. The molecular formula is C17H16N6O2S2. The van der Waals surface area contributed by atoms with E-state index in [0.717, 1.165) is 21.4 Å². The third kappa shape index (κ3) is 4.07. The first-order chi connectivity index (χ1) is 13.3. The number of thioether (sulfide) groups is 1. The Morgan fingerprint density at radius 3 is 2.89 bits per heavy atom. The molecule has 138 valence electrons. The SMILES string of the molecule is COCCn1c(SCc2nc(-c3cccs3)no2)nnc1-c1ccncc1. The summed E-state index contributed by atoms with van der Waals surface area (Å²) in [4.78, 5) is 9.49. The van der Waals surface area contributed by atoms with Crippen LogP contribution >= 0.6 is 23.1 Å². The quantitative estimate of drug-likeness (QED) is 0.416. The van der Waals surface area contributed by atoms with Crippen molar-refractivity contribution in [1.82, 2.24) is 29.9 Å². The van der Waals surface area contributed by atoms with Crippen molar-refractivity contribution >= 4 is 23.1 Å².